The average molecular weight is 390 g/mol. The van der Waals surface area contributed by atoms with E-state index >= 15 is 0 Å². The third-order valence-corrected chi connectivity index (χ3v) is 4.84. The molecule has 1 amide bonds. The lowest BCUT2D eigenvalue weighted by atomic mass is 10.1. The highest BCUT2D eigenvalue weighted by Gasteiger charge is 2.21. The van der Waals surface area contributed by atoms with Crippen molar-refractivity contribution in [2.75, 3.05) is 36.4 Å². The second-order valence-electron chi connectivity index (χ2n) is 6.91. The third kappa shape index (κ3) is 4.43. The van der Waals surface area contributed by atoms with E-state index in [4.69, 9.17) is 10.1 Å². The van der Waals surface area contributed by atoms with Crippen molar-refractivity contribution in [1.82, 2.24) is 19.9 Å². The smallest absolute Gasteiger partial charge is 0.407 e. The molecule has 3 aromatic heterocycles. The zero-order chi connectivity index (χ0) is 20.2. The van der Waals surface area contributed by atoms with E-state index in [1.807, 2.05) is 49.4 Å². The van der Waals surface area contributed by atoms with E-state index in [9.17, 15) is 4.79 Å². The summed E-state index contributed by atoms with van der Waals surface area (Å²) in [5, 5.41) is 12.3. The molecule has 8 nitrogen and oxygen atoms in total. The van der Waals surface area contributed by atoms with Crippen LogP contribution in [0.25, 0.3) is 11.3 Å². The summed E-state index contributed by atoms with van der Waals surface area (Å²) in [6, 6.07) is 13.6. The van der Waals surface area contributed by atoms with Gasteiger partial charge in [-0.05, 0) is 48.9 Å². The zero-order valence-corrected chi connectivity index (χ0v) is 16.1. The highest BCUT2D eigenvalue weighted by Crippen LogP contribution is 2.24. The van der Waals surface area contributed by atoms with E-state index in [0.29, 0.717) is 32.0 Å². The molecule has 8 heteroatoms. The molecule has 1 aliphatic heterocycles. The molecule has 0 aliphatic carbocycles. The minimum Gasteiger partial charge on any atom is -0.465 e. The predicted molar refractivity (Wildman–Crippen MR) is 112 cm³/mol. The van der Waals surface area contributed by atoms with Crippen molar-refractivity contribution < 1.29 is 9.90 Å². The SMILES string of the molecule is Cc1ccnc(Nc2cccc(-c3ccnc(N4CCN(C(=O)O)CC4)c3)n2)c1. The van der Waals surface area contributed by atoms with Crippen molar-refractivity contribution >= 4 is 23.5 Å². The largest absolute Gasteiger partial charge is 0.465 e. The number of carboxylic acid groups (broad SMARTS) is 1. The van der Waals surface area contributed by atoms with Gasteiger partial charge in [0.25, 0.3) is 0 Å². The monoisotopic (exact) mass is 390 g/mol. The summed E-state index contributed by atoms with van der Waals surface area (Å²) in [5.74, 6) is 2.29. The molecule has 0 bridgehead atoms. The maximum absolute atomic E-state index is 11.1. The Morgan fingerprint density at radius 2 is 1.79 bits per heavy atom. The van der Waals surface area contributed by atoms with Gasteiger partial charge in [-0.25, -0.2) is 19.7 Å². The number of hydrogen-bond acceptors (Lipinski definition) is 6. The Morgan fingerprint density at radius 3 is 2.55 bits per heavy atom. The first-order valence-corrected chi connectivity index (χ1v) is 9.44. The fourth-order valence-corrected chi connectivity index (χ4v) is 3.28. The quantitative estimate of drug-likeness (QED) is 0.705. The molecule has 148 valence electrons. The molecule has 0 radical (unpaired) electrons. The summed E-state index contributed by atoms with van der Waals surface area (Å²) in [6.07, 6.45) is 2.65. The molecule has 1 fully saturated rings. The van der Waals surface area contributed by atoms with Crippen LogP contribution < -0.4 is 10.2 Å². The van der Waals surface area contributed by atoms with Crippen molar-refractivity contribution in [2.24, 2.45) is 0 Å². The molecule has 1 aliphatic rings. The lowest BCUT2D eigenvalue weighted by Gasteiger charge is -2.33. The van der Waals surface area contributed by atoms with Crippen LogP contribution in [0.1, 0.15) is 5.56 Å². The Labute approximate surface area is 168 Å². The van der Waals surface area contributed by atoms with Gasteiger partial charge in [-0.1, -0.05) is 6.07 Å². The Hall–Kier alpha value is -3.68. The highest BCUT2D eigenvalue weighted by atomic mass is 16.4. The Kier molecular flexibility index (Phi) is 5.24. The molecular formula is C21H22N6O2. The van der Waals surface area contributed by atoms with E-state index in [1.54, 1.807) is 12.4 Å². The maximum atomic E-state index is 11.1. The van der Waals surface area contributed by atoms with Gasteiger partial charge >= 0.3 is 6.09 Å². The van der Waals surface area contributed by atoms with Gasteiger partial charge < -0.3 is 20.2 Å². The fraction of sp³-hybridized carbons (Fsp3) is 0.238. The van der Waals surface area contributed by atoms with Gasteiger partial charge in [0.15, 0.2) is 0 Å². The van der Waals surface area contributed by atoms with E-state index < -0.39 is 6.09 Å². The topological polar surface area (TPSA) is 94.5 Å². The number of hydrogen-bond donors (Lipinski definition) is 2. The number of anilines is 3. The van der Waals surface area contributed by atoms with Gasteiger partial charge in [-0.15, -0.1) is 0 Å². The van der Waals surface area contributed by atoms with Crippen molar-refractivity contribution in [3.63, 3.8) is 0 Å². The van der Waals surface area contributed by atoms with E-state index in [-0.39, 0.29) is 0 Å². The van der Waals surface area contributed by atoms with Crippen LogP contribution >= 0.6 is 0 Å². The van der Waals surface area contributed by atoms with Crippen LogP contribution in [0, 0.1) is 6.92 Å². The van der Waals surface area contributed by atoms with Crippen molar-refractivity contribution in [1.29, 1.82) is 0 Å². The molecule has 0 spiro atoms. The van der Waals surface area contributed by atoms with Gasteiger partial charge in [0.2, 0.25) is 0 Å². The van der Waals surface area contributed by atoms with Gasteiger partial charge in [-0.2, -0.15) is 0 Å². The van der Waals surface area contributed by atoms with Crippen LogP contribution in [0.5, 0.6) is 0 Å². The number of pyridine rings is 3. The summed E-state index contributed by atoms with van der Waals surface area (Å²) < 4.78 is 0. The maximum Gasteiger partial charge on any atom is 0.407 e. The minimum absolute atomic E-state index is 0.475. The summed E-state index contributed by atoms with van der Waals surface area (Å²) in [5.41, 5.74) is 2.91. The van der Waals surface area contributed by atoms with Gasteiger partial charge in [0.1, 0.15) is 17.5 Å². The number of nitrogens with zero attached hydrogens (tertiary/aromatic N) is 5. The molecular weight excluding hydrogens is 368 g/mol. The normalized spacial score (nSPS) is 14.0. The standard InChI is InChI=1S/C21H22N6O2/c1-15-5-7-22-19(13-15)25-18-4-2-3-17(24-18)16-6-8-23-20(14-16)26-9-11-27(12-10-26)21(28)29/h2-8,13-14H,9-12H2,1H3,(H,28,29)(H,22,24,25). The Morgan fingerprint density at radius 1 is 1.00 bits per heavy atom. The lowest BCUT2D eigenvalue weighted by Crippen LogP contribution is -2.48. The number of amides is 1. The second-order valence-corrected chi connectivity index (χ2v) is 6.91. The summed E-state index contributed by atoms with van der Waals surface area (Å²) in [7, 11) is 0. The molecule has 1 saturated heterocycles. The first-order valence-electron chi connectivity index (χ1n) is 9.44. The van der Waals surface area contributed by atoms with Crippen molar-refractivity contribution in [3.05, 3.63) is 60.4 Å². The molecule has 4 heterocycles. The van der Waals surface area contributed by atoms with Crippen LogP contribution in [-0.2, 0) is 0 Å². The minimum atomic E-state index is -0.872. The number of aryl methyl sites for hydroxylation is 1. The van der Waals surface area contributed by atoms with Crippen LogP contribution in [0.3, 0.4) is 0 Å². The van der Waals surface area contributed by atoms with Gasteiger partial charge in [0.05, 0.1) is 5.69 Å². The molecule has 0 unspecified atom stereocenters. The number of piperazine rings is 1. The zero-order valence-electron chi connectivity index (χ0n) is 16.1. The number of nitrogens with one attached hydrogen (secondary N) is 1. The molecule has 4 rings (SSSR count). The summed E-state index contributed by atoms with van der Waals surface area (Å²) in [6.45, 7) is 4.21. The molecule has 2 N–H and O–H groups in total. The summed E-state index contributed by atoms with van der Waals surface area (Å²) in [4.78, 5) is 28.1. The second kappa shape index (κ2) is 8.14. The number of aromatic nitrogens is 3. The van der Waals surface area contributed by atoms with Crippen LogP contribution in [0.15, 0.2) is 54.9 Å². The number of rotatable bonds is 4. The molecule has 3 aromatic rings. The van der Waals surface area contributed by atoms with Crippen LogP contribution in [0.4, 0.5) is 22.2 Å². The third-order valence-electron chi connectivity index (χ3n) is 4.84. The average Bonchev–Trinajstić information content (AvgIpc) is 2.74. The van der Waals surface area contributed by atoms with E-state index in [2.05, 4.69) is 20.2 Å². The predicted octanol–water partition coefficient (Wildman–Crippen LogP) is 3.39. The molecule has 0 aromatic carbocycles. The highest BCUT2D eigenvalue weighted by molar-refractivity contribution is 5.67. The van der Waals surface area contributed by atoms with E-state index in [1.165, 1.54) is 4.90 Å². The molecule has 29 heavy (non-hydrogen) atoms. The first-order chi connectivity index (χ1) is 14.1. The van der Waals surface area contributed by atoms with Gasteiger partial charge in [-0.3, -0.25) is 0 Å². The van der Waals surface area contributed by atoms with Crippen molar-refractivity contribution in [2.45, 2.75) is 6.92 Å². The van der Waals surface area contributed by atoms with E-state index in [0.717, 1.165) is 28.5 Å². The lowest BCUT2D eigenvalue weighted by molar-refractivity contribution is 0.142. The van der Waals surface area contributed by atoms with Gasteiger partial charge in [0, 0.05) is 44.1 Å². The Bertz CT molecular complexity index is 1020. The van der Waals surface area contributed by atoms with Crippen LogP contribution in [0.2, 0.25) is 0 Å². The first kappa shape index (κ1) is 18.7. The summed E-state index contributed by atoms with van der Waals surface area (Å²) >= 11 is 0. The Balaban J connectivity index is 1.52. The number of carbonyl (C=O) groups is 1. The van der Waals surface area contributed by atoms with Crippen molar-refractivity contribution in [3.8, 4) is 11.3 Å². The molecule has 0 atom stereocenters. The fourth-order valence-electron chi connectivity index (χ4n) is 3.28. The van der Waals surface area contributed by atoms with Crippen LogP contribution in [-0.4, -0.2) is 57.2 Å². The molecule has 0 saturated carbocycles.